The van der Waals surface area contributed by atoms with Gasteiger partial charge < -0.3 is 4.74 Å². The first-order valence-corrected chi connectivity index (χ1v) is 5.11. The van der Waals surface area contributed by atoms with E-state index < -0.39 is 18.6 Å². The number of halogens is 4. The number of alkyl halides is 3. The van der Waals surface area contributed by atoms with Gasteiger partial charge >= 0.3 is 12.1 Å². The number of carbonyl (C=O) groups is 1. The Labute approximate surface area is 97.3 Å². The molecule has 1 N–H and O–H groups in total. The standard InChI is InChI=1S/C8H8BrF3N2O2/c1-2-16-7(15)6-5(9)4(13-14-6)3-8(10,11)12/h2-3H2,1H3,(H,13,14). The van der Waals surface area contributed by atoms with Crippen LogP contribution in [0, 0.1) is 0 Å². The van der Waals surface area contributed by atoms with E-state index in [1.165, 1.54) is 0 Å². The summed E-state index contributed by atoms with van der Waals surface area (Å²) in [5.74, 6) is -0.740. The highest BCUT2D eigenvalue weighted by atomic mass is 79.9. The summed E-state index contributed by atoms with van der Waals surface area (Å²) < 4.78 is 40.9. The van der Waals surface area contributed by atoms with Gasteiger partial charge in [0.05, 0.1) is 23.2 Å². The first-order valence-electron chi connectivity index (χ1n) is 4.31. The Morgan fingerprint density at radius 2 is 2.19 bits per heavy atom. The highest BCUT2D eigenvalue weighted by Gasteiger charge is 2.31. The first-order chi connectivity index (χ1) is 7.35. The summed E-state index contributed by atoms with van der Waals surface area (Å²) in [6.45, 7) is 1.73. The van der Waals surface area contributed by atoms with Crippen molar-refractivity contribution in [2.24, 2.45) is 0 Å². The number of H-pyrrole nitrogens is 1. The van der Waals surface area contributed by atoms with Gasteiger partial charge in [0.15, 0.2) is 5.69 Å². The van der Waals surface area contributed by atoms with E-state index in [9.17, 15) is 18.0 Å². The van der Waals surface area contributed by atoms with Gasteiger partial charge in [-0.25, -0.2) is 4.79 Å². The number of hydrogen-bond donors (Lipinski definition) is 1. The molecule has 0 spiro atoms. The third-order valence-electron chi connectivity index (χ3n) is 1.62. The Balaban J connectivity index is 2.88. The molecule has 0 fully saturated rings. The molecule has 1 heterocycles. The molecule has 0 radical (unpaired) electrons. The highest BCUT2D eigenvalue weighted by molar-refractivity contribution is 9.10. The van der Waals surface area contributed by atoms with Gasteiger partial charge in [-0.2, -0.15) is 18.3 Å². The topological polar surface area (TPSA) is 55.0 Å². The number of aromatic nitrogens is 2. The average Bonchev–Trinajstić information content (AvgIpc) is 2.46. The van der Waals surface area contributed by atoms with E-state index >= 15 is 0 Å². The number of esters is 1. The lowest BCUT2D eigenvalue weighted by molar-refractivity contribution is -0.127. The van der Waals surface area contributed by atoms with Crippen LogP contribution >= 0.6 is 15.9 Å². The second-order valence-electron chi connectivity index (χ2n) is 2.87. The molecule has 8 heteroatoms. The maximum atomic E-state index is 12.1. The molecule has 0 aromatic carbocycles. The Hall–Kier alpha value is -1.05. The zero-order valence-corrected chi connectivity index (χ0v) is 9.78. The molecule has 1 rings (SSSR count). The molecule has 1 aromatic heterocycles. The maximum absolute atomic E-state index is 12.1. The van der Waals surface area contributed by atoms with Crippen molar-refractivity contribution in [2.45, 2.75) is 19.5 Å². The maximum Gasteiger partial charge on any atom is 0.394 e. The fourth-order valence-corrected chi connectivity index (χ4v) is 1.49. The largest absolute Gasteiger partial charge is 0.461 e. The third kappa shape index (κ3) is 3.22. The minimum absolute atomic E-state index is 0.0109. The molecule has 16 heavy (non-hydrogen) atoms. The lowest BCUT2D eigenvalue weighted by Crippen LogP contribution is -2.12. The lowest BCUT2D eigenvalue weighted by atomic mass is 10.3. The van der Waals surface area contributed by atoms with Crippen molar-refractivity contribution in [3.8, 4) is 0 Å². The molecule has 1 aromatic rings. The molecule has 0 aliphatic heterocycles. The van der Waals surface area contributed by atoms with Gasteiger partial charge in [0.25, 0.3) is 0 Å². The van der Waals surface area contributed by atoms with Crippen LogP contribution in [0.4, 0.5) is 13.2 Å². The smallest absolute Gasteiger partial charge is 0.394 e. The van der Waals surface area contributed by atoms with Gasteiger partial charge in [0, 0.05) is 0 Å². The Kier molecular flexibility index (Phi) is 3.95. The van der Waals surface area contributed by atoms with E-state index in [0.29, 0.717) is 0 Å². The zero-order chi connectivity index (χ0) is 12.3. The van der Waals surface area contributed by atoms with Crippen LogP contribution in [0.3, 0.4) is 0 Å². The normalized spacial score (nSPS) is 11.6. The number of carbonyl (C=O) groups excluding carboxylic acids is 1. The van der Waals surface area contributed by atoms with Crippen molar-refractivity contribution >= 4 is 21.9 Å². The Morgan fingerprint density at radius 3 is 2.69 bits per heavy atom. The van der Waals surface area contributed by atoms with Crippen LogP contribution in [0.25, 0.3) is 0 Å². The summed E-state index contributed by atoms with van der Waals surface area (Å²) in [5, 5.41) is 5.62. The molecule has 4 nitrogen and oxygen atoms in total. The second kappa shape index (κ2) is 4.86. The molecule has 0 unspecified atom stereocenters. The molecular weight excluding hydrogens is 293 g/mol. The summed E-state index contributed by atoms with van der Waals surface area (Å²) in [6, 6.07) is 0. The second-order valence-corrected chi connectivity index (χ2v) is 3.66. The minimum Gasteiger partial charge on any atom is -0.461 e. The summed E-state index contributed by atoms with van der Waals surface area (Å²) in [4.78, 5) is 11.2. The number of ether oxygens (including phenoxy) is 1. The quantitative estimate of drug-likeness (QED) is 0.873. The first kappa shape index (κ1) is 13.0. The molecule has 0 saturated carbocycles. The Morgan fingerprint density at radius 1 is 1.56 bits per heavy atom. The lowest BCUT2D eigenvalue weighted by Gasteiger charge is -2.03. The number of rotatable bonds is 3. The summed E-state index contributed by atoms with van der Waals surface area (Å²) >= 11 is 2.88. The molecule has 0 amide bonds. The van der Waals surface area contributed by atoms with E-state index in [4.69, 9.17) is 0 Å². The van der Waals surface area contributed by atoms with Crippen molar-refractivity contribution in [1.29, 1.82) is 0 Å². The van der Waals surface area contributed by atoms with Crippen molar-refractivity contribution in [1.82, 2.24) is 10.2 Å². The van der Waals surface area contributed by atoms with Crippen LogP contribution in [0.15, 0.2) is 4.47 Å². The van der Waals surface area contributed by atoms with E-state index in [2.05, 4.69) is 30.9 Å². The number of aromatic amines is 1. The van der Waals surface area contributed by atoms with Crippen LogP contribution in [-0.4, -0.2) is 28.9 Å². The SMILES string of the molecule is CCOC(=O)c1[nH]nc(CC(F)(F)F)c1Br. The molecule has 0 bridgehead atoms. The highest BCUT2D eigenvalue weighted by Crippen LogP contribution is 2.27. The van der Waals surface area contributed by atoms with E-state index in [-0.39, 0.29) is 22.5 Å². The van der Waals surface area contributed by atoms with Gasteiger partial charge in [-0.3, -0.25) is 5.10 Å². The molecule has 0 aliphatic rings. The molecule has 90 valence electrons. The van der Waals surface area contributed by atoms with E-state index in [0.717, 1.165) is 0 Å². The van der Waals surface area contributed by atoms with Gasteiger partial charge in [-0.15, -0.1) is 0 Å². The zero-order valence-electron chi connectivity index (χ0n) is 8.19. The number of hydrogen-bond acceptors (Lipinski definition) is 3. The van der Waals surface area contributed by atoms with Crippen molar-refractivity contribution < 1.29 is 22.7 Å². The van der Waals surface area contributed by atoms with Crippen LogP contribution in [0.1, 0.15) is 23.1 Å². The number of nitrogens with zero attached hydrogens (tertiary/aromatic N) is 1. The van der Waals surface area contributed by atoms with Crippen molar-refractivity contribution in [2.75, 3.05) is 6.61 Å². The van der Waals surface area contributed by atoms with Gasteiger partial charge in [-0.1, -0.05) is 0 Å². The molecular formula is C8H8BrF3N2O2. The predicted molar refractivity (Wildman–Crippen MR) is 52.0 cm³/mol. The minimum atomic E-state index is -4.37. The van der Waals surface area contributed by atoms with Crippen molar-refractivity contribution in [3.63, 3.8) is 0 Å². The summed E-state index contributed by atoms with van der Waals surface area (Å²) in [6.07, 6.45) is -5.58. The summed E-state index contributed by atoms with van der Waals surface area (Å²) in [5.41, 5.74) is -0.378. The van der Waals surface area contributed by atoms with Crippen LogP contribution in [0.2, 0.25) is 0 Å². The predicted octanol–water partition coefficient (Wildman–Crippen LogP) is 2.45. The average molecular weight is 301 g/mol. The molecule has 0 aliphatic carbocycles. The fourth-order valence-electron chi connectivity index (χ4n) is 1.01. The van der Waals surface area contributed by atoms with Gasteiger partial charge in [-0.05, 0) is 22.9 Å². The molecule has 0 saturated heterocycles. The Bertz CT molecular complexity index is 389. The van der Waals surface area contributed by atoms with Crippen LogP contribution in [-0.2, 0) is 11.2 Å². The summed E-state index contributed by atoms with van der Waals surface area (Å²) in [7, 11) is 0. The van der Waals surface area contributed by atoms with Gasteiger partial charge in [0.1, 0.15) is 0 Å². The fraction of sp³-hybridized carbons (Fsp3) is 0.500. The van der Waals surface area contributed by atoms with Crippen LogP contribution < -0.4 is 0 Å². The van der Waals surface area contributed by atoms with Gasteiger partial charge in [0.2, 0.25) is 0 Å². The van der Waals surface area contributed by atoms with Crippen LogP contribution in [0.5, 0.6) is 0 Å². The van der Waals surface area contributed by atoms with E-state index in [1.54, 1.807) is 6.92 Å². The molecule has 0 atom stereocenters. The third-order valence-corrected chi connectivity index (χ3v) is 2.48. The number of nitrogens with one attached hydrogen (secondary N) is 1. The van der Waals surface area contributed by atoms with Crippen molar-refractivity contribution in [3.05, 3.63) is 15.9 Å². The monoisotopic (exact) mass is 300 g/mol. The van der Waals surface area contributed by atoms with E-state index in [1.807, 2.05) is 0 Å².